The van der Waals surface area contributed by atoms with Crippen molar-refractivity contribution in [2.24, 2.45) is 0 Å². The lowest BCUT2D eigenvalue weighted by atomic mass is 10.0. The fraction of sp³-hybridized carbons (Fsp3) is 1.00. The average molecular weight is 485 g/mol. The summed E-state index contributed by atoms with van der Waals surface area (Å²) in [6, 6.07) is 0. The quantitative estimate of drug-likeness (QED) is 0.160. The highest BCUT2D eigenvalue weighted by Crippen LogP contribution is 2.17. The Labute approximate surface area is 210 Å². The van der Waals surface area contributed by atoms with Crippen molar-refractivity contribution in [3.05, 3.63) is 0 Å². The molecule has 34 heavy (non-hydrogen) atoms. The van der Waals surface area contributed by atoms with Crippen LogP contribution in [0.2, 0.25) is 0 Å². The van der Waals surface area contributed by atoms with Crippen molar-refractivity contribution < 1.29 is 24.1 Å². The second kappa shape index (κ2) is 22.0. The lowest BCUT2D eigenvalue weighted by molar-refractivity contribution is -0.163. The average Bonchev–Trinajstić information content (AvgIpc) is 2.87. The van der Waals surface area contributed by atoms with Crippen molar-refractivity contribution >= 4 is 0 Å². The van der Waals surface area contributed by atoms with E-state index in [1.54, 1.807) is 0 Å². The second-order valence-corrected chi connectivity index (χ2v) is 10.5. The molecule has 2 aliphatic heterocycles. The molecule has 5 heteroatoms. The first-order chi connectivity index (χ1) is 16.8. The first-order valence-electron chi connectivity index (χ1n) is 15.0. The van der Waals surface area contributed by atoms with E-state index in [0.717, 1.165) is 65.0 Å². The van der Waals surface area contributed by atoms with Crippen LogP contribution in [0.1, 0.15) is 141 Å². The van der Waals surface area contributed by atoms with E-state index in [-0.39, 0.29) is 18.7 Å². The summed E-state index contributed by atoms with van der Waals surface area (Å²) in [5, 5.41) is 10.2. The van der Waals surface area contributed by atoms with Gasteiger partial charge in [0.05, 0.1) is 6.10 Å². The van der Waals surface area contributed by atoms with Gasteiger partial charge in [-0.15, -0.1) is 0 Å². The fourth-order valence-electron chi connectivity index (χ4n) is 4.99. The number of hydrogen-bond donors (Lipinski definition) is 1. The van der Waals surface area contributed by atoms with E-state index in [2.05, 4.69) is 0 Å². The Bertz CT molecular complexity index is 383. The topological polar surface area (TPSA) is 57.2 Å². The maximum Gasteiger partial charge on any atom is 0.157 e. The molecular formula is C29H56O5. The maximum absolute atomic E-state index is 10.2. The molecule has 2 heterocycles. The van der Waals surface area contributed by atoms with Crippen molar-refractivity contribution in [3.8, 4) is 0 Å². The van der Waals surface area contributed by atoms with Gasteiger partial charge in [-0.05, 0) is 64.2 Å². The van der Waals surface area contributed by atoms with Crippen molar-refractivity contribution in [2.75, 3.05) is 26.4 Å². The molecule has 2 fully saturated rings. The smallest absolute Gasteiger partial charge is 0.157 e. The highest BCUT2D eigenvalue weighted by atomic mass is 16.7. The Hall–Kier alpha value is -0.200. The third-order valence-corrected chi connectivity index (χ3v) is 7.25. The number of ether oxygens (including phenoxy) is 4. The molecule has 0 aliphatic carbocycles. The molecule has 0 bridgehead atoms. The van der Waals surface area contributed by atoms with Gasteiger partial charge in [0.1, 0.15) is 0 Å². The normalized spacial score (nSPS) is 22.1. The molecule has 2 unspecified atom stereocenters. The van der Waals surface area contributed by atoms with Crippen LogP contribution in [-0.4, -0.2) is 50.2 Å². The van der Waals surface area contributed by atoms with Gasteiger partial charge in [-0.2, -0.15) is 0 Å². The molecular weight excluding hydrogens is 428 g/mol. The van der Waals surface area contributed by atoms with Crippen LogP contribution in [0.15, 0.2) is 0 Å². The van der Waals surface area contributed by atoms with Crippen molar-refractivity contribution in [3.63, 3.8) is 0 Å². The summed E-state index contributed by atoms with van der Waals surface area (Å²) in [6.45, 7) is 3.43. The summed E-state index contributed by atoms with van der Waals surface area (Å²) in [6.07, 6.45) is 26.6. The van der Waals surface area contributed by atoms with E-state index in [1.807, 2.05) is 0 Å². The number of rotatable bonds is 22. The van der Waals surface area contributed by atoms with Crippen LogP contribution in [0, 0.1) is 0 Å². The zero-order chi connectivity index (χ0) is 23.9. The Balaban J connectivity index is 1.21. The summed E-state index contributed by atoms with van der Waals surface area (Å²) >= 11 is 0. The summed E-state index contributed by atoms with van der Waals surface area (Å²) in [4.78, 5) is 0. The molecule has 5 nitrogen and oxygen atoms in total. The number of unbranched alkanes of at least 4 members (excludes halogenated alkanes) is 12. The Morgan fingerprint density at radius 3 is 1.29 bits per heavy atom. The molecule has 0 aromatic heterocycles. The highest BCUT2D eigenvalue weighted by molar-refractivity contribution is 4.59. The minimum atomic E-state index is -0.0849. The summed E-state index contributed by atoms with van der Waals surface area (Å²) < 4.78 is 22.8. The predicted octanol–water partition coefficient (Wildman–Crippen LogP) is 7.68. The third kappa shape index (κ3) is 17.3. The molecule has 0 aromatic rings. The predicted molar refractivity (Wildman–Crippen MR) is 139 cm³/mol. The molecule has 0 saturated carbocycles. The minimum absolute atomic E-state index is 0.0670. The lowest BCUT2D eigenvalue weighted by Gasteiger charge is -2.22. The molecule has 2 saturated heterocycles. The van der Waals surface area contributed by atoms with E-state index >= 15 is 0 Å². The molecule has 202 valence electrons. The summed E-state index contributed by atoms with van der Waals surface area (Å²) in [5.74, 6) is 0. The molecule has 0 spiro atoms. The number of hydrogen-bond acceptors (Lipinski definition) is 5. The van der Waals surface area contributed by atoms with Gasteiger partial charge in [0.15, 0.2) is 12.6 Å². The maximum atomic E-state index is 10.2. The van der Waals surface area contributed by atoms with E-state index in [1.165, 1.54) is 103 Å². The van der Waals surface area contributed by atoms with Gasteiger partial charge >= 0.3 is 0 Å². The van der Waals surface area contributed by atoms with Gasteiger partial charge < -0.3 is 24.1 Å². The van der Waals surface area contributed by atoms with E-state index in [9.17, 15) is 5.11 Å². The zero-order valence-electron chi connectivity index (χ0n) is 22.2. The highest BCUT2D eigenvalue weighted by Gasteiger charge is 2.14. The van der Waals surface area contributed by atoms with Crippen LogP contribution < -0.4 is 0 Å². The number of aliphatic hydroxyl groups excluding tert-OH is 1. The largest absolute Gasteiger partial charge is 0.393 e. The molecule has 1 N–H and O–H groups in total. The van der Waals surface area contributed by atoms with Crippen LogP contribution >= 0.6 is 0 Å². The monoisotopic (exact) mass is 484 g/mol. The van der Waals surface area contributed by atoms with Gasteiger partial charge in [0.2, 0.25) is 0 Å². The second-order valence-electron chi connectivity index (χ2n) is 10.5. The molecule has 2 rings (SSSR count). The molecule has 2 atom stereocenters. The van der Waals surface area contributed by atoms with Crippen LogP contribution in [-0.2, 0) is 18.9 Å². The van der Waals surface area contributed by atoms with E-state index < -0.39 is 0 Å². The SMILES string of the molecule is OC(CCCCCCCCCOC1CCCCO1)CCCCCCCCCOC1CCCCO1. The van der Waals surface area contributed by atoms with Gasteiger partial charge in [0, 0.05) is 26.4 Å². The van der Waals surface area contributed by atoms with Crippen LogP contribution in [0.25, 0.3) is 0 Å². The fourth-order valence-corrected chi connectivity index (χ4v) is 4.99. The summed E-state index contributed by atoms with van der Waals surface area (Å²) in [7, 11) is 0. The number of aliphatic hydroxyl groups is 1. The zero-order valence-corrected chi connectivity index (χ0v) is 22.2. The van der Waals surface area contributed by atoms with Crippen molar-refractivity contribution in [1.29, 1.82) is 0 Å². The standard InChI is InChI=1S/C29H56O5/c30-27(19-11-7-3-1-5-9-15-23-31-28-21-13-17-25-33-28)20-12-8-4-2-6-10-16-24-32-29-22-14-18-26-34-29/h27-30H,1-26H2. The van der Waals surface area contributed by atoms with E-state index in [4.69, 9.17) is 18.9 Å². The first-order valence-corrected chi connectivity index (χ1v) is 15.0. The first kappa shape index (κ1) is 30.0. The molecule has 0 radical (unpaired) electrons. The van der Waals surface area contributed by atoms with Crippen LogP contribution in [0.4, 0.5) is 0 Å². The van der Waals surface area contributed by atoms with Gasteiger partial charge in [0.25, 0.3) is 0 Å². The third-order valence-electron chi connectivity index (χ3n) is 7.25. The summed E-state index contributed by atoms with van der Waals surface area (Å²) in [5.41, 5.74) is 0. The van der Waals surface area contributed by atoms with E-state index in [0.29, 0.717) is 0 Å². The Morgan fingerprint density at radius 1 is 0.529 bits per heavy atom. The van der Waals surface area contributed by atoms with Gasteiger partial charge in [-0.1, -0.05) is 77.0 Å². The van der Waals surface area contributed by atoms with Crippen molar-refractivity contribution in [2.45, 2.75) is 160 Å². The molecule has 2 aliphatic rings. The molecule has 0 aromatic carbocycles. The minimum Gasteiger partial charge on any atom is -0.393 e. The van der Waals surface area contributed by atoms with Crippen molar-refractivity contribution in [1.82, 2.24) is 0 Å². The molecule has 0 amide bonds. The van der Waals surface area contributed by atoms with Gasteiger partial charge in [-0.3, -0.25) is 0 Å². The van der Waals surface area contributed by atoms with Crippen LogP contribution in [0.5, 0.6) is 0 Å². The Morgan fingerprint density at radius 2 is 0.912 bits per heavy atom. The van der Waals surface area contributed by atoms with Gasteiger partial charge in [-0.25, -0.2) is 0 Å². The van der Waals surface area contributed by atoms with Crippen LogP contribution in [0.3, 0.4) is 0 Å². The lowest BCUT2D eigenvalue weighted by Crippen LogP contribution is -2.22. The Kier molecular flexibility index (Phi) is 19.5.